The number of hydrogen-bond donors (Lipinski definition) is 0. The van der Waals surface area contributed by atoms with Crippen molar-refractivity contribution >= 4 is 5.97 Å². The van der Waals surface area contributed by atoms with E-state index in [0.717, 1.165) is 12.5 Å². The molecule has 0 aromatic rings. The van der Waals surface area contributed by atoms with Gasteiger partial charge in [-0.2, -0.15) is 57.1 Å². The van der Waals surface area contributed by atoms with E-state index in [0.29, 0.717) is 32.1 Å². The van der Waals surface area contributed by atoms with Crippen molar-refractivity contribution in [2.45, 2.75) is 100.0 Å². The van der Waals surface area contributed by atoms with Gasteiger partial charge in [-0.15, -0.1) is 0 Å². The molecule has 0 aromatic heterocycles. The van der Waals surface area contributed by atoms with E-state index in [1.807, 2.05) is 0 Å². The number of unbranched alkanes of at least 4 members (excludes halogenated alkanes) is 8. The molecule has 0 saturated heterocycles. The van der Waals surface area contributed by atoms with Crippen molar-refractivity contribution in [1.29, 1.82) is 0 Å². The monoisotopic (exact) mass is 544 g/mol. The second-order valence-corrected chi connectivity index (χ2v) is 7.80. The molecule has 0 saturated carbocycles. The number of ether oxygens (including phenoxy) is 1. The first-order valence-corrected chi connectivity index (χ1v) is 10.5. The Morgan fingerprint density at radius 3 is 1.34 bits per heavy atom. The fourth-order valence-electron chi connectivity index (χ4n) is 2.88. The third kappa shape index (κ3) is 7.89. The summed E-state index contributed by atoms with van der Waals surface area (Å²) in [6.45, 7) is 3.41. The van der Waals surface area contributed by atoms with E-state index in [1.54, 1.807) is 0 Å². The van der Waals surface area contributed by atoms with Gasteiger partial charge in [0.25, 0.3) is 0 Å². The van der Waals surface area contributed by atoms with E-state index in [2.05, 4.69) is 6.58 Å². The van der Waals surface area contributed by atoms with Crippen molar-refractivity contribution in [2.75, 3.05) is 6.61 Å². The van der Waals surface area contributed by atoms with Gasteiger partial charge in [-0.3, -0.25) is 0 Å². The second kappa shape index (κ2) is 12.5. The summed E-state index contributed by atoms with van der Waals surface area (Å²) in [6, 6.07) is 0. The van der Waals surface area contributed by atoms with Gasteiger partial charge in [0, 0.05) is 12.5 Å². The molecule has 0 heterocycles. The molecule has 0 bridgehead atoms. The molecule has 0 aliphatic rings. The van der Waals surface area contributed by atoms with Crippen LogP contribution in [-0.2, 0) is 9.53 Å². The summed E-state index contributed by atoms with van der Waals surface area (Å²) in [7, 11) is 0. The molecule has 0 aliphatic heterocycles. The molecule has 0 rings (SSSR count). The Balaban J connectivity index is 4.61. The van der Waals surface area contributed by atoms with Crippen LogP contribution in [-0.4, -0.2) is 48.4 Å². The van der Waals surface area contributed by atoms with Crippen molar-refractivity contribution in [3.8, 4) is 0 Å². The molecule has 0 aliphatic carbocycles. The van der Waals surface area contributed by atoms with Crippen LogP contribution in [0.4, 0.5) is 57.1 Å². The molecule has 0 spiro atoms. The van der Waals surface area contributed by atoms with Gasteiger partial charge in [0.05, 0.1) is 6.61 Å². The minimum absolute atomic E-state index is 0.164. The number of rotatable bonds is 17. The summed E-state index contributed by atoms with van der Waals surface area (Å²) in [5.74, 6) is -37.0. The fraction of sp³-hybridized carbons (Fsp3) is 0.850. The van der Waals surface area contributed by atoms with Crippen LogP contribution in [0.25, 0.3) is 0 Å². The van der Waals surface area contributed by atoms with Crippen LogP contribution in [0, 0.1) is 0 Å². The Labute approximate surface area is 192 Å². The van der Waals surface area contributed by atoms with Crippen LogP contribution >= 0.6 is 0 Å². The zero-order chi connectivity index (χ0) is 27.8. The first-order valence-electron chi connectivity index (χ1n) is 10.5. The van der Waals surface area contributed by atoms with E-state index < -0.39 is 54.6 Å². The maximum absolute atomic E-state index is 13.6. The molecular weight excluding hydrogens is 519 g/mol. The highest BCUT2D eigenvalue weighted by Crippen LogP contribution is 2.60. The molecule has 0 aromatic carbocycles. The average molecular weight is 544 g/mol. The lowest BCUT2D eigenvalue weighted by Crippen LogP contribution is -2.70. The second-order valence-electron chi connectivity index (χ2n) is 7.80. The number of carbonyl (C=O) groups is 1. The standard InChI is InChI=1S/C20H25F13O2/c1-2-14(34)35-13-11-9-7-5-3-4-6-8-10-12-15(21,22)16(23,24)17(25,26)18(27,28)19(29,30)20(31,32)33/h2H,1,3-13H2. The molecule has 0 N–H and O–H groups in total. The van der Waals surface area contributed by atoms with E-state index in [-0.39, 0.29) is 19.4 Å². The van der Waals surface area contributed by atoms with Crippen molar-refractivity contribution in [1.82, 2.24) is 0 Å². The number of alkyl halides is 13. The van der Waals surface area contributed by atoms with Gasteiger partial charge < -0.3 is 4.74 Å². The zero-order valence-electron chi connectivity index (χ0n) is 18.3. The molecular formula is C20H25F13O2. The molecule has 0 atom stereocenters. The fourth-order valence-corrected chi connectivity index (χ4v) is 2.88. The zero-order valence-corrected chi connectivity index (χ0v) is 18.3. The molecule has 2 nitrogen and oxygen atoms in total. The Bertz CT molecular complexity index is 672. The van der Waals surface area contributed by atoms with Crippen LogP contribution in [0.15, 0.2) is 12.7 Å². The van der Waals surface area contributed by atoms with Crippen molar-refractivity contribution < 1.29 is 66.6 Å². The number of halogens is 13. The van der Waals surface area contributed by atoms with E-state index in [9.17, 15) is 61.9 Å². The molecule has 35 heavy (non-hydrogen) atoms. The van der Waals surface area contributed by atoms with Crippen LogP contribution in [0.3, 0.4) is 0 Å². The summed E-state index contributed by atoms with van der Waals surface area (Å²) in [5, 5.41) is 0. The van der Waals surface area contributed by atoms with E-state index in [4.69, 9.17) is 4.74 Å². The lowest BCUT2D eigenvalue weighted by atomic mass is 9.91. The van der Waals surface area contributed by atoms with Gasteiger partial charge in [-0.1, -0.05) is 51.5 Å². The topological polar surface area (TPSA) is 26.3 Å². The Morgan fingerprint density at radius 1 is 0.571 bits per heavy atom. The predicted octanol–water partition coefficient (Wildman–Crippen LogP) is 8.36. The minimum atomic E-state index is -7.85. The van der Waals surface area contributed by atoms with Crippen LogP contribution < -0.4 is 0 Å². The molecule has 208 valence electrons. The van der Waals surface area contributed by atoms with Crippen molar-refractivity contribution in [2.24, 2.45) is 0 Å². The maximum Gasteiger partial charge on any atom is 0.460 e. The number of esters is 1. The molecule has 0 radical (unpaired) electrons. The highest BCUT2D eigenvalue weighted by atomic mass is 19.4. The normalized spacial score (nSPS) is 14.2. The summed E-state index contributed by atoms with van der Waals surface area (Å²) >= 11 is 0. The average Bonchev–Trinajstić information content (AvgIpc) is 2.72. The predicted molar refractivity (Wildman–Crippen MR) is 98.1 cm³/mol. The molecule has 0 fully saturated rings. The van der Waals surface area contributed by atoms with Gasteiger partial charge in [0.1, 0.15) is 0 Å². The molecule has 0 amide bonds. The first kappa shape index (κ1) is 33.3. The van der Waals surface area contributed by atoms with Gasteiger partial charge in [-0.25, -0.2) is 4.79 Å². The summed E-state index contributed by atoms with van der Waals surface area (Å²) < 4.78 is 174. The third-order valence-corrected chi connectivity index (χ3v) is 5.04. The highest BCUT2D eigenvalue weighted by Gasteiger charge is 2.90. The molecule has 15 heteroatoms. The van der Waals surface area contributed by atoms with Gasteiger partial charge in [-0.05, 0) is 12.8 Å². The minimum Gasteiger partial charge on any atom is -0.463 e. The van der Waals surface area contributed by atoms with Crippen molar-refractivity contribution in [3.05, 3.63) is 12.7 Å². The van der Waals surface area contributed by atoms with Crippen LogP contribution in [0.2, 0.25) is 0 Å². The third-order valence-electron chi connectivity index (χ3n) is 5.04. The van der Waals surface area contributed by atoms with Crippen LogP contribution in [0.1, 0.15) is 64.2 Å². The summed E-state index contributed by atoms with van der Waals surface area (Å²) in [4.78, 5) is 10.8. The lowest BCUT2D eigenvalue weighted by molar-refractivity contribution is -0.440. The lowest BCUT2D eigenvalue weighted by Gasteiger charge is -2.39. The Morgan fingerprint density at radius 2 is 0.943 bits per heavy atom. The number of hydrogen-bond acceptors (Lipinski definition) is 2. The largest absolute Gasteiger partial charge is 0.463 e. The first-order chi connectivity index (χ1) is 15.7. The van der Waals surface area contributed by atoms with Crippen molar-refractivity contribution in [3.63, 3.8) is 0 Å². The summed E-state index contributed by atoms with van der Waals surface area (Å²) in [5.41, 5.74) is 0. The Kier molecular flexibility index (Phi) is 11.9. The Hall–Kier alpha value is -1.70. The van der Waals surface area contributed by atoms with Crippen LogP contribution in [0.5, 0.6) is 0 Å². The molecule has 0 unspecified atom stereocenters. The smallest absolute Gasteiger partial charge is 0.460 e. The maximum atomic E-state index is 13.6. The van der Waals surface area contributed by atoms with Gasteiger partial charge in [0.2, 0.25) is 0 Å². The van der Waals surface area contributed by atoms with Gasteiger partial charge in [0.15, 0.2) is 0 Å². The SMILES string of the molecule is C=CC(=O)OCCCCCCCCCCCC(F)(F)C(F)(F)C(F)(F)C(F)(F)C(F)(F)C(F)(F)F. The quantitative estimate of drug-likeness (QED) is 0.0796. The summed E-state index contributed by atoms with van der Waals surface area (Å²) in [6.07, 6.45) is -5.80. The highest BCUT2D eigenvalue weighted by molar-refractivity contribution is 5.81. The number of carbonyl (C=O) groups excluding carboxylic acids is 1. The van der Waals surface area contributed by atoms with Gasteiger partial charge >= 0.3 is 41.8 Å². The van der Waals surface area contributed by atoms with E-state index in [1.165, 1.54) is 0 Å². The van der Waals surface area contributed by atoms with E-state index >= 15 is 0 Å².